The van der Waals surface area contributed by atoms with Gasteiger partial charge in [-0.2, -0.15) is 0 Å². The summed E-state index contributed by atoms with van der Waals surface area (Å²) < 4.78 is 39.5. The fourth-order valence-electron chi connectivity index (χ4n) is 2.00. The lowest BCUT2D eigenvalue weighted by Crippen LogP contribution is -2.36. The van der Waals surface area contributed by atoms with Crippen LogP contribution in [-0.4, -0.2) is 23.9 Å². The summed E-state index contributed by atoms with van der Waals surface area (Å²) in [6.07, 6.45) is 2.67. The summed E-state index contributed by atoms with van der Waals surface area (Å²) in [6.45, 7) is 0.990. The molecule has 1 aromatic rings. The van der Waals surface area contributed by atoms with Gasteiger partial charge in [-0.1, -0.05) is 0 Å². The molecule has 1 fully saturated rings. The van der Waals surface area contributed by atoms with Crippen LogP contribution in [0.4, 0.5) is 13.2 Å². The Morgan fingerprint density at radius 2 is 1.53 bits per heavy atom. The molecule has 1 heterocycles. The molecule has 0 atom stereocenters. The third-order valence-electron chi connectivity index (χ3n) is 2.86. The van der Waals surface area contributed by atoms with Gasteiger partial charge in [0.2, 0.25) is 0 Å². The van der Waals surface area contributed by atoms with Crippen LogP contribution in [0.25, 0.3) is 0 Å². The number of hydrogen-bond acceptors (Lipinski definition) is 1. The minimum absolute atomic E-state index is 0.495. The molecule has 0 saturated carbocycles. The fraction of sp³-hybridized carbons (Fsp3) is 0.417. The van der Waals surface area contributed by atoms with Crippen molar-refractivity contribution in [3.05, 3.63) is 35.1 Å². The summed E-state index contributed by atoms with van der Waals surface area (Å²) in [7, 11) is 0. The van der Waals surface area contributed by atoms with Crippen molar-refractivity contribution < 1.29 is 18.0 Å². The van der Waals surface area contributed by atoms with Gasteiger partial charge in [0.1, 0.15) is 23.0 Å². The van der Waals surface area contributed by atoms with Crippen LogP contribution in [-0.2, 0) is 0 Å². The lowest BCUT2D eigenvalue weighted by molar-refractivity contribution is 0.0714. The molecule has 92 valence electrons. The second-order valence-corrected chi connectivity index (χ2v) is 4.10. The van der Waals surface area contributed by atoms with Crippen LogP contribution in [0.3, 0.4) is 0 Å². The van der Waals surface area contributed by atoms with E-state index in [4.69, 9.17) is 0 Å². The summed E-state index contributed by atoms with van der Waals surface area (Å²) >= 11 is 0. The normalized spacial score (nSPS) is 16.1. The molecule has 0 aliphatic carbocycles. The maximum absolute atomic E-state index is 13.4. The van der Waals surface area contributed by atoms with Gasteiger partial charge in [-0.3, -0.25) is 4.79 Å². The summed E-state index contributed by atoms with van der Waals surface area (Å²) in [4.78, 5) is 13.3. The number of halogens is 3. The molecule has 0 radical (unpaired) electrons. The first kappa shape index (κ1) is 12.0. The van der Waals surface area contributed by atoms with E-state index in [-0.39, 0.29) is 0 Å². The predicted octanol–water partition coefficient (Wildman–Crippen LogP) is 2.73. The van der Waals surface area contributed by atoms with Crippen molar-refractivity contribution in [2.24, 2.45) is 0 Å². The largest absolute Gasteiger partial charge is 0.338 e. The molecule has 1 amide bonds. The second kappa shape index (κ2) is 4.77. The molecule has 2 nitrogen and oxygen atoms in total. The summed E-state index contributed by atoms with van der Waals surface area (Å²) in [5.41, 5.74) is -0.659. The van der Waals surface area contributed by atoms with Crippen molar-refractivity contribution in [2.75, 3.05) is 13.1 Å². The van der Waals surface area contributed by atoms with Gasteiger partial charge in [0.05, 0.1) is 0 Å². The Hall–Kier alpha value is -1.52. The van der Waals surface area contributed by atoms with Gasteiger partial charge < -0.3 is 4.90 Å². The van der Waals surface area contributed by atoms with Crippen molar-refractivity contribution in [1.82, 2.24) is 4.90 Å². The average molecular weight is 243 g/mol. The van der Waals surface area contributed by atoms with Gasteiger partial charge in [0, 0.05) is 25.2 Å². The predicted molar refractivity (Wildman–Crippen MR) is 56.1 cm³/mol. The molecular weight excluding hydrogens is 231 g/mol. The molecule has 5 heteroatoms. The van der Waals surface area contributed by atoms with Gasteiger partial charge in [0.25, 0.3) is 5.91 Å². The molecule has 1 aromatic carbocycles. The number of hydrogen-bond donors (Lipinski definition) is 0. The minimum atomic E-state index is -1.14. The van der Waals surface area contributed by atoms with Crippen LogP contribution in [0.5, 0.6) is 0 Å². The van der Waals surface area contributed by atoms with Gasteiger partial charge in [-0.05, 0) is 19.3 Å². The van der Waals surface area contributed by atoms with E-state index in [2.05, 4.69) is 0 Å². The zero-order valence-electron chi connectivity index (χ0n) is 9.18. The first-order valence-electron chi connectivity index (χ1n) is 5.53. The SMILES string of the molecule is O=C(c1c(F)cc(F)cc1F)N1CCCCC1. The average Bonchev–Trinajstić information content (AvgIpc) is 2.28. The highest BCUT2D eigenvalue weighted by Crippen LogP contribution is 2.19. The number of carbonyl (C=O) groups is 1. The Morgan fingerprint density at radius 1 is 1.00 bits per heavy atom. The third-order valence-corrected chi connectivity index (χ3v) is 2.86. The molecule has 1 aliphatic rings. The Bertz CT molecular complexity index is 418. The zero-order valence-corrected chi connectivity index (χ0v) is 9.18. The first-order valence-corrected chi connectivity index (χ1v) is 5.53. The molecule has 0 bridgehead atoms. The molecule has 1 aliphatic heterocycles. The highest BCUT2D eigenvalue weighted by molar-refractivity contribution is 5.94. The van der Waals surface area contributed by atoms with Crippen molar-refractivity contribution in [1.29, 1.82) is 0 Å². The van der Waals surface area contributed by atoms with Crippen molar-refractivity contribution in [3.63, 3.8) is 0 Å². The Morgan fingerprint density at radius 3 is 2.06 bits per heavy atom. The monoisotopic (exact) mass is 243 g/mol. The van der Waals surface area contributed by atoms with E-state index < -0.39 is 28.9 Å². The highest BCUT2D eigenvalue weighted by atomic mass is 19.1. The second-order valence-electron chi connectivity index (χ2n) is 4.10. The minimum Gasteiger partial charge on any atom is -0.338 e. The molecule has 0 N–H and O–H groups in total. The maximum Gasteiger partial charge on any atom is 0.259 e. The summed E-state index contributed by atoms with van der Waals surface area (Å²) in [5.74, 6) is -3.99. The number of rotatable bonds is 1. The Balaban J connectivity index is 2.30. The van der Waals surface area contributed by atoms with Gasteiger partial charge in [-0.15, -0.1) is 0 Å². The van der Waals surface area contributed by atoms with E-state index in [9.17, 15) is 18.0 Å². The number of benzene rings is 1. The van der Waals surface area contributed by atoms with E-state index in [1.807, 2.05) is 0 Å². The third kappa shape index (κ3) is 2.43. The van der Waals surface area contributed by atoms with Crippen LogP contribution in [0.15, 0.2) is 12.1 Å². The van der Waals surface area contributed by atoms with E-state index >= 15 is 0 Å². The number of amides is 1. The zero-order chi connectivity index (χ0) is 12.4. The standard InChI is InChI=1S/C12H12F3NO/c13-8-6-9(14)11(10(15)7-8)12(17)16-4-2-1-3-5-16/h6-7H,1-5H2. The quantitative estimate of drug-likeness (QED) is 0.742. The molecule has 17 heavy (non-hydrogen) atoms. The molecule has 2 rings (SSSR count). The van der Waals surface area contributed by atoms with Crippen LogP contribution in [0.1, 0.15) is 29.6 Å². The number of piperidine rings is 1. The van der Waals surface area contributed by atoms with Crippen molar-refractivity contribution >= 4 is 5.91 Å². The highest BCUT2D eigenvalue weighted by Gasteiger charge is 2.25. The number of nitrogens with zero attached hydrogens (tertiary/aromatic N) is 1. The molecule has 0 spiro atoms. The molecule has 0 unspecified atom stereocenters. The van der Waals surface area contributed by atoms with Crippen LogP contribution < -0.4 is 0 Å². The van der Waals surface area contributed by atoms with E-state index in [0.29, 0.717) is 25.2 Å². The van der Waals surface area contributed by atoms with E-state index in [1.165, 1.54) is 4.90 Å². The van der Waals surface area contributed by atoms with Crippen LogP contribution in [0, 0.1) is 17.5 Å². The van der Waals surface area contributed by atoms with Crippen molar-refractivity contribution in [2.45, 2.75) is 19.3 Å². The van der Waals surface area contributed by atoms with Gasteiger partial charge in [0.15, 0.2) is 0 Å². The van der Waals surface area contributed by atoms with E-state index in [0.717, 1.165) is 19.3 Å². The smallest absolute Gasteiger partial charge is 0.259 e. The van der Waals surface area contributed by atoms with E-state index in [1.54, 1.807) is 0 Å². The topological polar surface area (TPSA) is 20.3 Å². The summed E-state index contributed by atoms with van der Waals surface area (Å²) in [6, 6.07) is 1.06. The lowest BCUT2D eigenvalue weighted by Gasteiger charge is -2.26. The first-order chi connectivity index (χ1) is 8.09. The van der Waals surface area contributed by atoms with Crippen LogP contribution in [0.2, 0.25) is 0 Å². The number of likely N-dealkylation sites (tertiary alicyclic amines) is 1. The molecule has 0 aromatic heterocycles. The summed E-state index contributed by atoms with van der Waals surface area (Å²) in [5, 5.41) is 0. The van der Waals surface area contributed by atoms with Gasteiger partial charge >= 0.3 is 0 Å². The maximum atomic E-state index is 13.4. The molecular formula is C12H12F3NO. The Kier molecular flexibility index (Phi) is 3.36. The molecule has 1 saturated heterocycles. The Labute approximate surface area is 97.0 Å². The lowest BCUT2D eigenvalue weighted by atomic mass is 10.1. The van der Waals surface area contributed by atoms with Crippen LogP contribution >= 0.6 is 0 Å². The van der Waals surface area contributed by atoms with Crippen molar-refractivity contribution in [3.8, 4) is 0 Å². The van der Waals surface area contributed by atoms with Gasteiger partial charge in [-0.25, -0.2) is 13.2 Å². The fourth-order valence-corrected chi connectivity index (χ4v) is 2.00. The number of carbonyl (C=O) groups excluding carboxylic acids is 1.